The van der Waals surface area contributed by atoms with Crippen LogP contribution in [0.25, 0.3) is 0 Å². The van der Waals surface area contributed by atoms with E-state index in [1.54, 1.807) is 13.2 Å². The third-order valence-electron chi connectivity index (χ3n) is 3.99. The topological polar surface area (TPSA) is 54.0 Å². The third kappa shape index (κ3) is 2.06. The first-order chi connectivity index (χ1) is 10.7. The maximum Gasteiger partial charge on any atom is 0.312 e. The minimum Gasteiger partial charge on any atom is -0.497 e. The van der Waals surface area contributed by atoms with Crippen molar-refractivity contribution in [1.29, 1.82) is 0 Å². The summed E-state index contributed by atoms with van der Waals surface area (Å²) in [5, 5.41) is 0. The number of carbonyl (C=O) groups is 1. The minimum absolute atomic E-state index is 0.0587. The SMILES string of the molecule is COc1ccc2c(c1)OC(=O)C[C@@H]2c1ccc2c(c1)OCO2. The number of rotatable bonds is 2. The van der Waals surface area contributed by atoms with Crippen LogP contribution in [-0.2, 0) is 4.79 Å². The number of methoxy groups -OCH3 is 1. The number of carbonyl (C=O) groups excluding carboxylic acids is 1. The van der Waals surface area contributed by atoms with E-state index in [0.29, 0.717) is 23.7 Å². The van der Waals surface area contributed by atoms with E-state index in [2.05, 4.69) is 0 Å². The third-order valence-corrected chi connectivity index (χ3v) is 3.99. The van der Waals surface area contributed by atoms with Gasteiger partial charge in [0.1, 0.15) is 11.5 Å². The first kappa shape index (κ1) is 13.0. The number of fused-ring (bicyclic) bond motifs is 2. The largest absolute Gasteiger partial charge is 0.497 e. The normalized spacial score (nSPS) is 18.6. The molecule has 4 rings (SSSR count). The lowest BCUT2D eigenvalue weighted by atomic mass is 9.86. The molecule has 2 aliphatic heterocycles. The van der Waals surface area contributed by atoms with Gasteiger partial charge in [0.25, 0.3) is 0 Å². The molecule has 2 aromatic carbocycles. The van der Waals surface area contributed by atoms with Crippen LogP contribution in [0, 0.1) is 0 Å². The van der Waals surface area contributed by atoms with E-state index in [9.17, 15) is 4.79 Å². The smallest absolute Gasteiger partial charge is 0.312 e. The lowest BCUT2D eigenvalue weighted by Crippen LogP contribution is -2.21. The van der Waals surface area contributed by atoms with Crippen molar-refractivity contribution in [3.63, 3.8) is 0 Å². The van der Waals surface area contributed by atoms with E-state index in [1.807, 2.05) is 30.3 Å². The molecule has 0 amide bonds. The summed E-state index contributed by atoms with van der Waals surface area (Å²) in [6.45, 7) is 0.235. The molecule has 2 aromatic rings. The van der Waals surface area contributed by atoms with Gasteiger partial charge in [-0.2, -0.15) is 0 Å². The summed E-state index contributed by atoms with van der Waals surface area (Å²) in [5.74, 6) is 2.36. The zero-order valence-corrected chi connectivity index (χ0v) is 12.0. The second-order valence-electron chi connectivity index (χ2n) is 5.25. The monoisotopic (exact) mass is 298 g/mol. The Morgan fingerprint density at radius 2 is 1.91 bits per heavy atom. The van der Waals surface area contributed by atoms with Gasteiger partial charge in [0, 0.05) is 17.5 Å². The second kappa shape index (κ2) is 4.94. The fourth-order valence-corrected chi connectivity index (χ4v) is 2.89. The van der Waals surface area contributed by atoms with Crippen molar-refractivity contribution in [3.05, 3.63) is 47.5 Å². The average Bonchev–Trinajstić information content (AvgIpc) is 3.00. The quantitative estimate of drug-likeness (QED) is 0.630. The van der Waals surface area contributed by atoms with Crippen LogP contribution in [0.1, 0.15) is 23.5 Å². The molecule has 0 saturated carbocycles. The molecule has 0 N–H and O–H groups in total. The molecule has 0 unspecified atom stereocenters. The molecule has 5 nitrogen and oxygen atoms in total. The van der Waals surface area contributed by atoms with Crippen LogP contribution in [0.15, 0.2) is 36.4 Å². The Kier molecular flexibility index (Phi) is 2.92. The number of ether oxygens (including phenoxy) is 4. The van der Waals surface area contributed by atoms with Gasteiger partial charge in [0.15, 0.2) is 11.5 Å². The summed E-state index contributed by atoms with van der Waals surface area (Å²) in [7, 11) is 1.59. The Labute approximate surface area is 127 Å². The molecule has 0 fully saturated rings. The summed E-state index contributed by atoms with van der Waals surface area (Å²) in [4.78, 5) is 11.9. The Morgan fingerprint density at radius 3 is 2.77 bits per heavy atom. The highest BCUT2D eigenvalue weighted by Crippen LogP contribution is 2.43. The first-order valence-corrected chi connectivity index (χ1v) is 7.03. The Bertz CT molecular complexity index is 753. The van der Waals surface area contributed by atoms with Gasteiger partial charge in [-0.1, -0.05) is 12.1 Å². The predicted molar refractivity (Wildman–Crippen MR) is 77.7 cm³/mol. The van der Waals surface area contributed by atoms with E-state index in [4.69, 9.17) is 18.9 Å². The van der Waals surface area contributed by atoms with Gasteiger partial charge in [-0.25, -0.2) is 0 Å². The lowest BCUT2D eigenvalue weighted by Gasteiger charge is -2.25. The van der Waals surface area contributed by atoms with Crippen LogP contribution in [0.2, 0.25) is 0 Å². The van der Waals surface area contributed by atoms with Crippen molar-refractivity contribution >= 4 is 5.97 Å². The summed E-state index contributed by atoms with van der Waals surface area (Å²) < 4.78 is 21.3. The summed E-state index contributed by atoms with van der Waals surface area (Å²) in [5.41, 5.74) is 1.98. The molecular formula is C17H14O5. The molecule has 0 aromatic heterocycles. The predicted octanol–water partition coefficient (Wildman–Crippen LogP) is 2.86. The molecule has 0 spiro atoms. The number of hydrogen-bond acceptors (Lipinski definition) is 5. The fourth-order valence-electron chi connectivity index (χ4n) is 2.89. The maximum atomic E-state index is 11.9. The van der Waals surface area contributed by atoms with Crippen LogP contribution in [-0.4, -0.2) is 19.9 Å². The van der Waals surface area contributed by atoms with Crippen molar-refractivity contribution in [1.82, 2.24) is 0 Å². The highest BCUT2D eigenvalue weighted by Gasteiger charge is 2.30. The van der Waals surface area contributed by atoms with Gasteiger partial charge >= 0.3 is 5.97 Å². The van der Waals surface area contributed by atoms with Crippen molar-refractivity contribution in [3.8, 4) is 23.0 Å². The molecular weight excluding hydrogens is 284 g/mol. The Hall–Kier alpha value is -2.69. The van der Waals surface area contributed by atoms with Crippen molar-refractivity contribution in [2.24, 2.45) is 0 Å². The molecule has 0 saturated heterocycles. The van der Waals surface area contributed by atoms with E-state index in [1.165, 1.54) is 0 Å². The molecule has 2 heterocycles. The minimum atomic E-state index is -0.247. The average molecular weight is 298 g/mol. The van der Waals surface area contributed by atoms with Crippen LogP contribution in [0.5, 0.6) is 23.0 Å². The van der Waals surface area contributed by atoms with Gasteiger partial charge in [-0.15, -0.1) is 0 Å². The van der Waals surface area contributed by atoms with Crippen molar-refractivity contribution < 1.29 is 23.7 Å². The molecule has 0 bridgehead atoms. The first-order valence-electron chi connectivity index (χ1n) is 7.03. The van der Waals surface area contributed by atoms with Crippen LogP contribution in [0.3, 0.4) is 0 Å². The molecule has 1 atom stereocenters. The fraction of sp³-hybridized carbons (Fsp3) is 0.235. The standard InChI is InChI=1S/C17H14O5/c1-19-11-3-4-12-13(8-17(18)22-15(12)7-11)10-2-5-14-16(6-10)21-9-20-14/h2-7,13H,8-9H2,1H3/t13-/m1/s1. The summed E-state index contributed by atoms with van der Waals surface area (Å²) >= 11 is 0. The summed E-state index contributed by atoms with van der Waals surface area (Å²) in [6, 6.07) is 11.3. The van der Waals surface area contributed by atoms with Crippen molar-refractivity contribution in [2.45, 2.75) is 12.3 Å². The van der Waals surface area contributed by atoms with Gasteiger partial charge in [0.05, 0.1) is 13.5 Å². The highest BCUT2D eigenvalue weighted by atomic mass is 16.7. The highest BCUT2D eigenvalue weighted by molar-refractivity contribution is 5.78. The molecule has 5 heteroatoms. The zero-order chi connectivity index (χ0) is 15.1. The van der Waals surface area contributed by atoms with Crippen LogP contribution in [0.4, 0.5) is 0 Å². The Morgan fingerprint density at radius 1 is 1.05 bits per heavy atom. The number of hydrogen-bond donors (Lipinski definition) is 0. The molecule has 0 radical (unpaired) electrons. The van der Waals surface area contributed by atoms with Crippen molar-refractivity contribution in [2.75, 3.05) is 13.9 Å². The molecule has 22 heavy (non-hydrogen) atoms. The molecule has 0 aliphatic carbocycles. The maximum absolute atomic E-state index is 11.9. The summed E-state index contributed by atoms with van der Waals surface area (Å²) in [6.07, 6.45) is 0.305. The lowest BCUT2D eigenvalue weighted by molar-refractivity contribution is -0.135. The van der Waals surface area contributed by atoms with Crippen LogP contribution >= 0.6 is 0 Å². The Balaban J connectivity index is 1.78. The second-order valence-corrected chi connectivity index (χ2v) is 5.25. The van der Waals surface area contributed by atoms with E-state index < -0.39 is 0 Å². The van der Waals surface area contributed by atoms with E-state index in [0.717, 1.165) is 16.9 Å². The van der Waals surface area contributed by atoms with E-state index in [-0.39, 0.29) is 18.7 Å². The van der Waals surface area contributed by atoms with Gasteiger partial charge in [0.2, 0.25) is 6.79 Å². The van der Waals surface area contributed by atoms with Gasteiger partial charge < -0.3 is 18.9 Å². The number of esters is 1. The zero-order valence-electron chi connectivity index (χ0n) is 12.0. The van der Waals surface area contributed by atoms with Gasteiger partial charge in [-0.05, 0) is 23.8 Å². The molecule has 2 aliphatic rings. The van der Waals surface area contributed by atoms with Crippen LogP contribution < -0.4 is 18.9 Å². The van der Waals surface area contributed by atoms with E-state index >= 15 is 0 Å². The molecule has 112 valence electrons. The van der Waals surface area contributed by atoms with Gasteiger partial charge in [-0.3, -0.25) is 4.79 Å². The number of benzene rings is 2.